The number of aliphatic carboxylic acids is 1. The topological polar surface area (TPSA) is 58.4 Å². The number of hydrogen-bond donors (Lipinski definition) is 1. The van der Waals surface area contributed by atoms with E-state index < -0.39 is 5.97 Å². The van der Waals surface area contributed by atoms with Gasteiger partial charge in [-0.3, -0.25) is 4.79 Å². The number of nitrogens with zero attached hydrogens (tertiary/aromatic N) is 3. The smallest absolute Gasteiger partial charge is 0.304 e. The molecule has 0 amide bonds. The summed E-state index contributed by atoms with van der Waals surface area (Å²) in [5.41, 5.74) is 2.68. The van der Waals surface area contributed by atoms with E-state index in [1.807, 2.05) is 49.2 Å². The van der Waals surface area contributed by atoms with Crippen LogP contribution in [-0.2, 0) is 11.3 Å². The van der Waals surface area contributed by atoms with Gasteiger partial charge in [0.15, 0.2) is 0 Å². The largest absolute Gasteiger partial charge is 0.481 e. The van der Waals surface area contributed by atoms with E-state index in [4.69, 9.17) is 16.7 Å². The number of aryl methyl sites for hydroxylation is 1. The highest BCUT2D eigenvalue weighted by atomic mass is 35.5. The van der Waals surface area contributed by atoms with E-state index in [0.29, 0.717) is 18.2 Å². The molecule has 1 heterocycles. The number of carboxylic acids is 1. The summed E-state index contributed by atoms with van der Waals surface area (Å²) in [5.74, 6) is -0.801. The van der Waals surface area contributed by atoms with E-state index >= 15 is 0 Å². The molecule has 0 unspecified atom stereocenters. The fraction of sp³-hybridized carbons (Fsp3) is 0.333. The van der Waals surface area contributed by atoms with Gasteiger partial charge < -0.3 is 10.0 Å². The number of carboxylic acid groups (broad SMARTS) is 1. The average Bonchev–Trinajstić information content (AvgIpc) is 2.74. The summed E-state index contributed by atoms with van der Waals surface area (Å²) < 4.78 is 1.71. The zero-order valence-corrected chi connectivity index (χ0v) is 12.8. The molecule has 6 heteroatoms. The lowest BCUT2D eigenvalue weighted by Crippen LogP contribution is -2.21. The quantitative estimate of drug-likeness (QED) is 0.891. The van der Waals surface area contributed by atoms with Crippen LogP contribution in [-0.4, -0.2) is 39.3 Å². The Bertz CT molecular complexity index is 625. The molecule has 0 aliphatic rings. The molecule has 0 saturated heterocycles. The van der Waals surface area contributed by atoms with Gasteiger partial charge in [0, 0.05) is 18.7 Å². The molecule has 0 saturated carbocycles. The van der Waals surface area contributed by atoms with Gasteiger partial charge in [-0.15, -0.1) is 0 Å². The maximum Gasteiger partial charge on any atom is 0.304 e. The van der Waals surface area contributed by atoms with Crippen molar-refractivity contribution in [2.24, 2.45) is 0 Å². The van der Waals surface area contributed by atoms with Crippen LogP contribution in [0.1, 0.15) is 17.7 Å². The van der Waals surface area contributed by atoms with Crippen LogP contribution in [0, 0.1) is 6.92 Å². The Morgan fingerprint density at radius 3 is 2.67 bits per heavy atom. The summed E-state index contributed by atoms with van der Waals surface area (Å²) in [6, 6.07) is 9.68. The highest BCUT2D eigenvalue weighted by Crippen LogP contribution is 2.24. The molecular weight excluding hydrogens is 290 g/mol. The maximum absolute atomic E-state index is 10.6. The molecule has 5 nitrogen and oxygen atoms in total. The molecule has 0 aliphatic heterocycles. The van der Waals surface area contributed by atoms with Gasteiger partial charge in [-0.2, -0.15) is 5.10 Å². The van der Waals surface area contributed by atoms with Gasteiger partial charge in [-0.1, -0.05) is 29.8 Å². The highest BCUT2D eigenvalue weighted by Gasteiger charge is 2.16. The fourth-order valence-electron chi connectivity index (χ4n) is 2.09. The molecule has 0 aliphatic carbocycles. The van der Waals surface area contributed by atoms with E-state index in [-0.39, 0.29) is 6.42 Å². The second kappa shape index (κ2) is 6.74. The fourth-order valence-corrected chi connectivity index (χ4v) is 2.42. The van der Waals surface area contributed by atoms with Crippen LogP contribution < -0.4 is 0 Å². The molecular formula is C15H18ClN3O2. The monoisotopic (exact) mass is 307 g/mol. The number of aromatic nitrogens is 2. The van der Waals surface area contributed by atoms with Crippen LogP contribution in [0.3, 0.4) is 0 Å². The van der Waals surface area contributed by atoms with E-state index in [0.717, 1.165) is 16.9 Å². The third-order valence-corrected chi connectivity index (χ3v) is 3.65. The Hall–Kier alpha value is -1.85. The standard InChI is InChI=1S/C15H18ClN3O2/c1-11-13(10-18(2)9-8-14(20)21)15(16)19(17-11)12-6-4-3-5-7-12/h3-7H,8-10H2,1-2H3,(H,20,21). The minimum absolute atomic E-state index is 0.111. The number of benzene rings is 1. The van der Waals surface area contributed by atoms with Crippen molar-refractivity contribution in [1.29, 1.82) is 0 Å². The van der Waals surface area contributed by atoms with Crippen LogP contribution in [0.15, 0.2) is 30.3 Å². The lowest BCUT2D eigenvalue weighted by atomic mass is 10.2. The third kappa shape index (κ3) is 3.83. The second-order valence-electron chi connectivity index (χ2n) is 4.98. The van der Waals surface area contributed by atoms with Crippen molar-refractivity contribution in [2.75, 3.05) is 13.6 Å². The molecule has 0 spiro atoms. The van der Waals surface area contributed by atoms with Gasteiger partial charge in [0.05, 0.1) is 17.8 Å². The summed E-state index contributed by atoms with van der Waals surface area (Å²) >= 11 is 6.43. The minimum atomic E-state index is -0.801. The molecule has 112 valence electrons. The summed E-state index contributed by atoms with van der Waals surface area (Å²) in [6.07, 6.45) is 0.111. The molecule has 1 N–H and O–H groups in total. The van der Waals surface area contributed by atoms with Gasteiger partial charge in [0.25, 0.3) is 0 Å². The minimum Gasteiger partial charge on any atom is -0.481 e. The summed E-state index contributed by atoms with van der Waals surface area (Å²) in [4.78, 5) is 12.5. The van der Waals surface area contributed by atoms with Crippen molar-refractivity contribution in [2.45, 2.75) is 19.9 Å². The van der Waals surface area contributed by atoms with Gasteiger partial charge in [0.1, 0.15) is 5.15 Å². The van der Waals surface area contributed by atoms with Crippen LogP contribution in [0.4, 0.5) is 0 Å². The van der Waals surface area contributed by atoms with Gasteiger partial charge in [0.2, 0.25) is 0 Å². The van der Waals surface area contributed by atoms with Gasteiger partial charge in [-0.05, 0) is 26.1 Å². The van der Waals surface area contributed by atoms with E-state index in [2.05, 4.69) is 5.10 Å². The first kappa shape index (κ1) is 15.5. The number of halogens is 1. The highest BCUT2D eigenvalue weighted by molar-refractivity contribution is 6.30. The van der Waals surface area contributed by atoms with Crippen LogP contribution >= 0.6 is 11.6 Å². The van der Waals surface area contributed by atoms with Gasteiger partial charge >= 0.3 is 5.97 Å². The summed E-state index contributed by atoms with van der Waals surface area (Å²) in [7, 11) is 1.87. The van der Waals surface area contributed by atoms with Crippen molar-refractivity contribution < 1.29 is 9.90 Å². The Balaban J connectivity index is 2.18. The lowest BCUT2D eigenvalue weighted by Gasteiger charge is -2.15. The van der Waals surface area contributed by atoms with Crippen molar-refractivity contribution in [1.82, 2.24) is 14.7 Å². The molecule has 0 radical (unpaired) electrons. The van der Waals surface area contributed by atoms with Crippen molar-refractivity contribution in [3.63, 3.8) is 0 Å². The second-order valence-corrected chi connectivity index (χ2v) is 5.34. The Morgan fingerprint density at radius 2 is 2.05 bits per heavy atom. The molecule has 0 atom stereocenters. The predicted molar refractivity (Wildman–Crippen MR) is 81.9 cm³/mol. The normalized spacial score (nSPS) is 11.0. The Morgan fingerprint density at radius 1 is 1.38 bits per heavy atom. The Kier molecular flexibility index (Phi) is 4.98. The van der Waals surface area contributed by atoms with Crippen molar-refractivity contribution >= 4 is 17.6 Å². The molecule has 1 aromatic heterocycles. The first-order chi connectivity index (χ1) is 9.99. The van der Waals surface area contributed by atoms with Crippen molar-refractivity contribution in [3.05, 3.63) is 46.7 Å². The van der Waals surface area contributed by atoms with E-state index in [1.165, 1.54) is 0 Å². The first-order valence-electron chi connectivity index (χ1n) is 6.68. The Labute approximate surface area is 128 Å². The van der Waals surface area contributed by atoms with Crippen molar-refractivity contribution in [3.8, 4) is 5.69 Å². The lowest BCUT2D eigenvalue weighted by molar-refractivity contribution is -0.137. The average molecular weight is 308 g/mol. The first-order valence-corrected chi connectivity index (χ1v) is 7.06. The van der Waals surface area contributed by atoms with E-state index in [9.17, 15) is 4.79 Å². The molecule has 0 bridgehead atoms. The predicted octanol–water partition coefficient (Wildman–Crippen LogP) is 2.74. The molecule has 21 heavy (non-hydrogen) atoms. The van der Waals surface area contributed by atoms with Crippen LogP contribution in [0.25, 0.3) is 5.69 Å². The zero-order valence-electron chi connectivity index (χ0n) is 12.1. The molecule has 1 aromatic carbocycles. The third-order valence-electron chi connectivity index (χ3n) is 3.26. The number of rotatable bonds is 6. The van der Waals surface area contributed by atoms with Crippen LogP contribution in [0.2, 0.25) is 5.15 Å². The van der Waals surface area contributed by atoms with Gasteiger partial charge in [-0.25, -0.2) is 4.68 Å². The number of carbonyl (C=O) groups is 1. The van der Waals surface area contributed by atoms with E-state index in [1.54, 1.807) is 4.68 Å². The summed E-state index contributed by atoms with van der Waals surface area (Å²) in [5, 5.41) is 13.8. The number of para-hydroxylation sites is 1. The zero-order chi connectivity index (χ0) is 15.4. The SMILES string of the molecule is Cc1nn(-c2ccccc2)c(Cl)c1CN(C)CCC(=O)O. The molecule has 2 rings (SSSR count). The maximum atomic E-state index is 10.6. The molecule has 0 fully saturated rings. The number of hydrogen-bond acceptors (Lipinski definition) is 3. The summed E-state index contributed by atoms with van der Waals surface area (Å²) in [6.45, 7) is 2.96. The molecule has 2 aromatic rings. The van der Waals surface area contributed by atoms with Crippen LogP contribution in [0.5, 0.6) is 0 Å².